The van der Waals surface area contributed by atoms with Crippen molar-refractivity contribution in [2.75, 3.05) is 12.3 Å². The van der Waals surface area contributed by atoms with Crippen molar-refractivity contribution in [1.82, 2.24) is 5.32 Å². The highest BCUT2D eigenvalue weighted by molar-refractivity contribution is 7.85. The minimum absolute atomic E-state index is 0.0189. The summed E-state index contributed by atoms with van der Waals surface area (Å²) in [5, 5.41) is 2.15. The van der Waals surface area contributed by atoms with Gasteiger partial charge in [-0.15, -0.1) is 0 Å². The molecule has 0 rings (SSSR count). The van der Waals surface area contributed by atoms with Crippen molar-refractivity contribution in [3.63, 3.8) is 0 Å². The quantitative estimate of drug-likeness (QED) is 0.746. The molecule has 18 heavy (non-hydrogen) atoms. The highest BCUT2D eigenvalue weighted by atomic mass is 32.2. The Kier molecular flexibility index (Phi) is 5.54. The molecule has 0 saturated heterocycles. The Morgan fingerprint density at radius 3 is 2.56 bits per heavy atom. The summed E-state index contributed by atoms with van der Waals surface area (Å²) >= 11 is 0. The summed E-state index contributed by atoms with van der Waals surface area (Å²) in [4.78, 5) is 11.3. The zero-order valence-corrected chi connectivity index (χ0v) is 11.3. The molecule has 2 N–H and O–H groups in total. The number of amides is 1. The molecular formula is C10H18FNO5S. The average molecular weight is 284 g/mol. The Morgan fingerprint density at radius 2 is 2.17 bits per heavy atom. The number of ether oxygens (including phenoxy) is 1. The predicted molar refractivity (Wildman–Crippen MR) is 64.4 cm³/mol. The van der Waals surface area contributed by atoms with Gasteiger partial charge in [0.15, 0.2) is 0 Å². The van der Waals surface area contributed by atoms with Crippen molar-refractivity contribution in [2.45, 2.75) is 26.4 Å². The average Bonchev–Trinajstić information content (AvgIpc) is 2.09. The number of nitrogens with one attached hydrogen (secondary N) is 1. The first-order valence-corrected chi connectivity index (χ1v) is 6.68. The van der Waals surface area contributed by atoms with E-state index in [1.165, 1.54) is 0 Å². The molecule has 1 amide bonds. The fraction of sp³-hybridized carbons (Fsp3) is 0.700. The summed E-state index contributed by atoms with van der Waals surface area (Å²) in [5.74, 6) is -3.06. The molecule has 106 valence electrons. The largest absolute Gasteiger partial charge is 0.444 e. The van der Waals surface area contributed by atoms with E-state index >= 15 is 0 Å². The second-order valence-electron chi connectivity index (χ2n) is 4.53. The van der Waals surface area contributed by atoms with Crippen molar-refractivity contribution < 1.29 is 28.3 Å². The molecule has 0 bridgehead atoms. The van der Waals surface area contributed by atoms with Gasteiger partial charge in [0.1, 0.15) is 5.60 Å². The normalized spacial score (nSPS) is 17.1. The lowest BCUT2D eigenvalue weighted by Gasteiger charge is -2.20. The highest BCUT2D eigenvalue weighted by Crippen LogP contribution is 2.07. The molecule has 0 aliphatic rings. The smallest absolute Gasteiger partial charge is 0.407 e. The Labute approximate surface area is 107 Å². The van der Waals surface area contributed by atoms with E-state index in [9.17, 15) is 17.6 Å². The molecule has 8 heteroatoms. The van der Waals surface area contributed by atoms with Gasteiger partial charge in [0, 0.05) is 13.8 Å². The first kappa shape index (κ1) is 14.9. The van der Waals surface area contributed by atoms with Gasteiger partial charge in [0.05, 0.1) is 12.1 Å². The fourth-order valence-corrected chi connectivity index (χ4v) is 1.65. The Hall–Kier alpha value is -1.15. The molecule has 0 aliphatic carbocycles. The van der Waals surface area contributed by atoms with Crippen LogP contribution in [0.3, 0.4) is 0 Å². The number of halogens is 1. The molecule has 1 unspecified atom stereocenters. The molecule has 1 atom stereocenters. The van der Waals surface area contributed by atoms with Crippen LogP contribution in [-0.4, -0.2) is 37.0 Å². The summed E-state index contributed by atoms with van der Waals surface area (Å²) < 4.78 is 54.8. The molecule has 0 radical (unpaired) electrons. The van der Waals surface area contributed by atoms with Gasteiger partial charge in [0.2, 0.25) is 0 Å². The standard InChI is InChI=1S/C10H18FNO5S/c1-10(2,3)17-9(13)12-6-8(4-5-11)7-18(14,15)16/h4-5,8H,6-7H2,1-3H3,(H,12,13)(H,14,15,16)/i8D. The summed E-state index contributed by atoms with van der Waals surface area (Å²) in [6, 6.07) is 0. The van der Waals surface area contributed by atoms with Crippen LogP contribution in [-0.2, 0) is 14.9 Å². The van der Waals surface area contributed by atoms with Gasteiger partial charge in [-0.25, -0.2) is 9.18 Å². The van der Waals surface area contributed by atoms with Crippen LogP contribution in [0.15, 0.2) is 12.4 Å². The third-order valence-electron chi connectivity index (χ3n) is 1.53. The molecule has 0 aromatic heterocycles. The lowest BCUT2D eigenvalue weighted by Crippen LogP contribution is -2.36. The van der Waals surface area contributed by atoms with Crippen molar-refractivity contribution in [1.29, 1.82) is 0 Å². The topological polar surface area (TPSA) is 92.7 Å². The van der Waals surface area contributed by atoms with Crippen molar-refractivity contribution in [2.24, 2.45) is 5.89 Å². The van der Waals surface area contributed by atoms with E-state index in [2.05, 4.69) is 5.32 Å². The first-order valence-electron chi connectivity index (χ1n) is 5.57. The molecule has 0 aliphatic heterocycles. The number of hydrogen-bond donors (Lipinski definition) is 2. The number of carbonyl (C=O) groups is 1. The van der Waals surface area contributed by atoms with Crippen LogP contribution in [0.5, 0.6) is 0 Å². The van der Waals surface area contributed by atoms with Crippen LogP contribution < -0.4 is 5.32 Å². The van der Waals surface area contributed by atoms with E-state index in [0.29, 0.717) is 6.08 Å². The Morgan fingerprint density at radius 1 is 1.61 bits per heavy atom. The maximum absolute atomic E-state index is 12.1. The predicted octanol–water partition coefficient (Wildman–Crippen LogP) is 1.50. The second-order valence-corrected chi connectivity index (χ2v) is 5.99. The van der Waals surface area contributed by atoms with E-state index in [4.69, 9.17) is 10.7 Å². The molecular weight excluding hydrogens is 265 g/mol. The molecule has 0 heterocycles. The van der Waals surface area contributed by atoms with Gasteiger partial charge in [-0.1, -0.05) is 6.08 Å². The van der Waals surface area contributed by atoms with E-state index in [1.54, 1.807) is 20.8 Å². The Balaban J connectivity index is 4.66. The fourth-order valence-electron chi connectivity index (χ4n) is 0.981. The van der Waals surface area contributed by atoms with Crippen molar-refractivity contribution in [3.05, 3.63) is 12.4 Å². The zero-order chi connectivity index (χ0) is 15.3. The molecule has 0 aromatic carbocycles. The minimum atomic E-state index is -4.48. The van der Waals surface area contributed by atoms with Crippen LogP contribution >= 0.6 is 0 Å². The Bertz CT molecular complexity index is 445. The van der Waals surface area contributed by atoms with Gasteiger partial charge in [-0.3, -0.25) is 4.55 Å². The maximum atomic E-state index is 12.1. The van der Waals surface area contributed by atoms with Crippen LogP contribution in [0.4, 0.5) is 9.18 Å². The number of carbonyl (C=O) groups excluding carboxylic acids is 1. The first-order chi connectivity index (χ1) is 8.37. The SMILES string of the molecule is [2H]C(C=CF)(CNC(=O)OC(C)(C)C)CS(=O)(=O)O. The van der Waals surface area contributed by atoms with Crippen LogP contribution in [0.2, 0.25) is 0 Å². The van der Waals surface area contributed by atoms with E-state index in [-0.39, 0.29) is 6.33 Å². The molecule has 0 fully saturated rings. The van der Waals surface area contributed by atoms with Crippen LogP contribution in [0, 0.1) is 5.89 Å². The van der Waals surface area contributed by atoms with Crippen LogP contribution in [0.1, 0.15) is 22.1 Å². The minimum Gasteiger partial charge on any atom is -0.444 e. The van der Waals surface area contributed by atoms with Gasteiger partial charge < -0.3 is 10.1 Å². The molecule has 6 nitrogen and oxygen atoms in total. The summed E-state index contributed by atoms with van der Waals surface area (Å²) in [5.41, 5.74) is -0.756. The van der Waals surface area contributed by atoms with Gasteiger partial charge >= 0.3 is 6.09 Å². The highest BCUT2D eigenvalue weighted by Gasteiger charge is 2.19. The third kappa shape index (κ3) is 10.0. The van der Waals surface area contributed by atoms with Gasteiger partial charge in [-0.2, -0.15) is 8.42 Å². The number of rotatable bonds is 5. The van der Waals surface area contributed by atoms with E-state index in [1.807, 2.05) is 0 Å². The summed E-state index contributed by atoms with van der Waals surface area (Å²) in [7, 11) is -4.48. The van der Waals surface area contributed by atoms with Crippen LogP contribution in [0.25, 0.3) is 0 Å². The summed E-state index contributed by atoms with van der Waals surface area (Å²) in [6.07, 6.45) is -0.265. The van der Waals surface area contributed by atoms with Gasteiger partial charge in [0.25, 0.3) is 10.1 Å². The lowest BCUT2D eigenvalue weighted by atomic mass is 10.2. The van der Waals surface area contributed by atoms with Crippen molar-refractivity contribution in [3.8, 4) is 0 Å². The molecule has 0 saturated carbocycles. The van der Waals surface area contributed by atoms with Gasteiger partial charge in [-0.05, 0) is 20.8 Å². The number of hydrogen-bond acceptors (Lipinski definition) is 4. The van der Waals surface area contributed by atoms with E-state index in [0.717, 1.165) is 0 Å². The van der Waals surface area contributed by atoms with Crippen molar-refractivity contribution >= 4 is 16.2 Å². The van der Waals surface area contributed by atoms with E-state index < -0.39 is 40.0 Å². The summed E-state index contributed by atoms with van der Waals surface area (Å²) in [6.45, 7) is 4.35. The maximum Gasteiger partial charge on any atom is 0.407 e. The second kappa shape index (κ2) is 6.69. The third-order valence-corrected chi connectivity index (χ3v) is 2.26. The monoisotopic (exact) mass is 284 g/mol. The molecule has 0 spiro atoms. The number of alkyl carbamates (subject to hydrolysis) is 1. The lowest BCUT2D eigenvalue weighted by molar-refractivity contribution is 0.0523. The molecule has 0 aromatic rings. The zero-order valence-electron chi connectivity index (χ0n) is 11.4.